The van der Waals surface area contributed by atoms with Gasteiger partial charge in [-0.3, -0.25) is 0 Å². The Bertz CT molecular complexity index is 855. The Kier molecular flexibility index (Phi) is 12.3. The third-order valence-corrected chi connectivity index (χ3v) is 5.60. The molecule has 0 N–H and O–H groups in total. The van der Waals surface area contributed by atoms with Gasteiger partial charge in [0.15, 0.2) is 0 Å². The number of hydrogen-bond acceptors (Lipinski definition) is 0. The number of benzene rings is 2. The van der Waals surface area contributed by atoms with Crippen molar-refractivity contribution in [2.75, 3.05) is 0 Å². The van der Waals surface area contributed by atoms with E-state index in [0.717, 1.165) is 0 Å². The van der Waals surface area contributed by atoms with E-state index in [2.05, 4.69) is 88.3 Å². The van der Waals surface area contributed by atoms with Crippen LogP contribution in [-0.4, -0.2) is 3.36 Å². The molecule has 0 unspecified atom stereocenters. The maximum atomic E-state index is 3.31. The van der Waals surface area contributed by atoms with E-state index in [1.807, 2.05) is 0 Å². The van der Waals surface area contributed by atoms with Crippen LogP contribution in [-0.2, 0) is 24.2 Å². The monoisotopic (exact) mass is 484 g/mol. The van der Waals surface area contributed by atoms with E-state index in [4.69, 9.17) is 0 Å². The van der Waals surface area contributed by atoms with Gasteiger partial charge in [0.2, 0.25) is 0 Å². The van der Waals surface area contributed by atoms with Crippen molar-refractivity contribution in [1.82, 2.24) is 0 Å². The SMILES string of the molecule is [Cl-].[Cl-].[Zr+2]=[C]=C1CCCCC1.c1ccc2[cH-]ccc2c1.c1ccc2[cH-]ccc2c1. The molecule has 4 aromatic carbocycles. The Morgan fingerprint density at radius 2 is 1.11 bits per heavy atom. The van der Waals surface area contributed by atoms with Crippen molar-refractivity contribution in [2.45, 2.75) is 32.1 Å². The Morgan fingerprint density at radius 3 is 1.50 bits per heavy atom. The minimum atomic E-state index is 0. The fourth-order valence-corrected chi connectivity index (χ4v) is 3.86. The third kappa shape index (κ3) is 7.65. The first-order valence-electron chi connectivity index (χ1n) is 9.35. The summed E-state index contributed by atoms with van der Waals surface area (Å²) in [7, 11) is 0. The molecule has 1 aliphatic carbocycles. The predicted molar refractivity (Wildman–Crippen MR) is 111 cm³/mol. The van der Waals surface area contributed by atoms with Gasteiger partial charge in [0.25, 0.3) is 0 Å². The van der Waals surface area contributed by atoms with E-state index in [1.165, 1.54) is 77.9 Å². The van der Waals surface area contributed by atoms with Crippen LogP contribution in [0.1, 0.15) is 32.1 Å². The summed E-state index contributed by atoms with van der Waals surface area (Å²) in [4.78, 5) is 0. The largest absolute Gasteiger partial charge is 0.168 e. The molecule has 0 heterocycles. The van der Waals surface area contributed by atoms with Crippen molar-refractivity contribution in [3.05, 3.63) is 90.5 Å². The van der Waals surface area contributed by atoms with E-state index in [9.17, 15) is 0 Å². The molecule has 0 atom stereocenters. The summed E-state index contributed by atoms with van der Waals surface area (Å²) < 4.78 is 3.31. The Hall–Kier alpha value is -1.23. The summed E-state index contributed by atoms with van der Waals surface area (Å²) in [6.07, 6.45) is 6.95. The average Bonchev–Trinajstić information content (AvgIpc) is 3.38. The van der Waals surface area contributed by atoms with Gasteiger partial charge in [-0.1, -0.05) is 12.1 Å². The van der Waals surface area contributed by atoms with E-state index >= 15 is 0 Å². The minimum absolute atomic E-state index is 0. The normalized spacial score (nSPS) is 12.4. The van der Waals surface area contributed by atoms with Crippen molar-refractivity contribution < 1.29 is 49.0 Å². The fourth-order valence-electron chi connectivity index (χ4n) is 3.24. The van der Waals surface area contributed by atoms with Crippen LogP contribution in [0.5, 0.6) is 0 Å². The van der Waals surface area contributed by atoms with Gasteiger partial charge in [-0.15, -0.1) is 59.3 Å². The summed E-state index contributed by atoms with van der Waals surface area (Å²) in [5.74, 6) is 0. The molecule has 28 heavy (non-hydrogen) atoms. The summed E-state index contributed by atoms with van der Waals surface area (Å²) in [6.45, 7) is 0. The van der Waals surface area contributed by atoms with E-state index in [1.54, 1.807) is 5.57 Å². The van der Waals surface area contributed by atoms with Crippen molar-refractivity contribution in [1.29, 1.82) is 0 Å². The van der Waals surface area contributed by atoms with E-state index in [0.29, 0.717) is 0 Å². The molecule has 1 aliphatic rings. The van der Waals surface area contributed by atoms with E-state index in [-0.39, 0.29) is 24.8 Å². The number of fused-ring (bicyclic) bond motifs is 2. The van der Waals surface area contributed by atoms with Crippen LogP contribution in [0.2, 0.25) is 0 Å². The zero-order valence-electron chi connectivity index (χ0n) is 15.9. The number of rotatable bonds is 0. The predicted octanol–water partition coefficient (Wildman–Crippen LogP) is 0.950. The first-order valence-corrected chi connectivity index (χ1v) is 10.6. The maximum absolute atomic E-state index is 3.31. The Morgan fingerprint density at radius 1 is 0.643 bits per heavy atom. The molecule has 0 radical (unpaired) electrons. The number of allylic oxidation sites excluding steroid dienone is 1. The van der Waals surface area contributed by atoms with E-state index < -0.39 is 0 Å². The van der Waals surface area contributed by atoms with Crippen LogP contribution in [0.3, 0.4) is 0 Å². The van der Waals surface area contributed by atoms with Gasteiger partial charge < -0.3 is 24.8 Å². The molecule has 0 saturated heterocycles. The topological polar surface area (TPSA) is 0 Å². The van der Waals surface area contributed by atoms with Crippen LogP contribution >= 0.6 is 0 Å². The zero-order valence-corrected chi connectivity index (χ0v) is 19.8. The fraction of sp³-hybridized carbons (Fsp3) is 0.200. The second-order valence-electron chi connectivity index (χ2n) is 6.60. The van der Waals surface area contributed by atoms with Crippen molar-refractivity contribution >= 4 is 24.9 Å². The van der Waals surface area contributed by atoms with Crippen LogP contribution < -0.4 is 24.8 Å². The van der Waals surface area contributed by atoms with Crippen molar-refractivity contribution in [2.24, 2.45) is 0 Å². The molecular formula is C25H24Cl2Zr-2. The van der Waals surface area contributed by atoms with Gasteiger partial charge in [0, 0.05) is 0 Å². The second kappa shape index (κ2) is 13.9. The maximum Gasteiger partial charge on any atom is -0.0809 e. The molecule has 1 fully saturated rings. The molecule has 5 rings (SSSR count). The first-order chi connectivity index (χ1) is 12.9. The molecule has 4 aromatic rings. The van der Waals surface area contributed by atoms with Gasteiger partial charge in [0.05, 0.1) is 0 Å². The summed E-state index contributed by atoms with van der Waals surface area (Å²) in [6, 6.07) is 29.3. The third-order valence-electron chi connectivity index (χ3n) is 4.73. The standard InChI is InChI=1S/2C9H7.C7H10.2ClH.Zr/c2*1-2-5-9-7-3-6-8(9)4-1;1-7-5-3-2-4-6-7;;;/h2*1-7H;2-6H2;2*1H;/q2*-1;;;;+2/p-2. The van der Waals surface area contributed by atoms with Gasteiger partial charge in [-0.05, 0) is 0 Å². The molecular weight excluding hydrogens is 462 g/mol. The quantitative estimate of drug-likeness (QED) is 0.325. The smallest absolute Gasteiger partial charge is 0.0809 e. The van der Waals surface area contributed by atoms with Gasteiger partial charge >= 0.3 is 65.3 Å². The van der Waals surface area contributed by atoms with Crippen LogP contribution in [0, 0.1) is 0 Å². The van der Waals surface area contributed by atoms with Gasteiger partial charge in [-0.2, -0.15) is 35.0 Å². The van der Waals surface area contributed by atoms with Crippen molar-refractivity contribution in [3.63, 3.8) is 0 Å². The summed E-state index contributed by atoms with van der Waals surface area (Å²) in [5.41, 5.74) is 1.59. The van der Waals surface area contributed by atoms with Crippen LogP contribution in [0.25, 0.3) is 21.5 Å². The number of halogens is 2. The minimum Gasteiger partial charge on any atom is -0.168 e. The molecule has 144 valence electrons. The molecule has 0 amide bonds. The molecule has 3 heteroatoms. The Labute approximate surface area is 195 Å². The first kappa shape index (κ1) is 24.8. The van der Waals surface area contributed by atoms with Gasteiger partial charge in [0.1, 0.15) is 0 Å². The van der Waals surface area contributed by atoms with Gasteiger partial charge in [-0.25, -0.2) is 0 Å². The number of hydrogen-bond donors (Lipinski definition) is 0. The summed E-state index contributed by atoms with van der Waals surface area (Å²) >= 11 is 1.45. The summed E-state index contributed by atoms with van der Waals surface area (Å²) in [5, 5.41) is 5.32. The van der Waals surface area contributed by atoms with Crippen LogP contribution in [0.15, 0.2) is 90.5 Å². The molecule has 0 spiro atoms. The molecule has 0 bridgehead atoms. The Balaban J connectivity index is 0.000000203. The molecule has 0 aromatic heterocycles. The zero-order chi connectivity index (χ0) is 18.0. The average molecular weight is 487 g/mol. The second-order valence-corrected chi connectivity index (χ2v) is 7.21. The molecule has 0 aliphatic heterocycles. The molecule has 0 nitrogen and oxygen atoms in total. The molecule has 1 saturated carbocycles. The van der Waals surface area contributed by atoms with Crippen LogP contribution in [0.4, 0.5) is 0 Å². The van der Waals surface area contributed by atoms with Crippen molar-refractivity contribution in [3.8, 4) is 0 Å².